The molecule has 4 aromatic rings. The minimum Gasteiger partial charge on any atom is -0.298 e. The van der Waals surface area contributed by atoms with Crippen LogP contribution in [0, 0.1) is 12.8 Å². The second-order valence-corrected chi connectivity index (χ2v) is 8.67. The van der Waals surface area contributed by atoms with Crippen LogP contribution in [0.2, 0.25) is 0 Å². The molecule has 3 aromatic heterocycles. The molecule has 1 unspecified atom stereocenters. The van der Waals surface area contributed by atoms with E-state index in [0.717, 1.165) is 46.5 Å². The lowest BCUT2D eigenvalue weighted by molar-refractivity contribution is 0.589. The van der Waals surface area contributed by atoms with E-state index < -0.39 is 0 Å². The number of hydrogen-bond acceptors (Lipinski definition) is 3. The minimum atomic E-state index is 0.381. The highest BCUT2D eigenvalue weighted by atomic mass is 15.0. The minimum absolute atomic E-state index is 0.381. The molecule has 0 aliphatic heterocycles. The Bertz CT molecular complexity index is 1190. The maximum absolute atomic E-state index is 5.03. The largest absolute Gasteiger partial charge is 0.298 e. The number of aryl methyl sites for hydroxylation is 2. The smallest absolute Gasteiger partial charge is 0.138 e. The van der Waals surface area contributed by atoms with E-state index >= 15 is 0 Å². The first-order valence-electron chi connectivity index (χ1n) is 11.0. The number of benzene rings is 1. The predicted octanol–water partition coefficient (Wildman–Crippen LogP) is 6.23. The summed E-state index contributed by atoms with van der Waals surface area (Å²) >= 11 is 0. The summed E-state index contributed by atoms with van der Waals surface area (Å²) in [6.45, 7) is 6.54. The molecule has 4 nitrogen and oxygen atoms in total. The summed E-state index contributed by atoms with van der Waals surface area (Å²) in [5, 5.41) is 0. The first-order valence-corrected chi connectivity index (χ1v) is 11.0. The lowest BCUT2D eigenvalue weighted by Gasteiger charge is -2.11. The number of imidazole rings is 1. The van der Waals surface area contributed by atoms with Gasteiger partial charge in [0.1, 0.15) is 11.5 Å². The van der Waals surface area contributed by atoms with E-state index in [2.05, 4.69) is 72.8 Å². The Morgan fingerprint density at radius 1 is 1.07 bits per heavy atom. The van der Waals surface area contributed by atoms with Gasteiger partial charge in [-0.05, 0) is 49.4 Å². The lowest BCUT2D eigenvalue weighted by Crippen LogP contribution is -2.03. The van der Waals surface area contributed by atoms with Crippen molar-refractivity contribution in [1.29, 1.82) is 0 Å². The number of nitrogens with zero attached hydrogens (tertiary/aromatic N) is 4. The normalized spacial score (nSPS) is 14.9. The van der Waals surface area contributed by atoms with Gasteiger partial charge < -0.3 is 0 Å². The summed E-state index contributed by atoms with van der Waals surface area (Å²) in [6.07, 6.45) is 8.92. The third-order valence-corrected chi connectivity index (χ3v) is 6.17. The van der Waals surface area contributed by atoms with Crippen LogP contribution in [0.5, 0.6) is 0 Å². The van der Waals surface area contributed by atoms with Gasteiger partial charge in [0.2, 0.25) is 0 Å². The van der Waals surface area contributed by atoms with E-state index in [0.29, 0.717) is 5.92 Å². The maximum atomic E-state index is 5.03. The van der Waals surface area contributed by atoms with Gasteiger partial charge in [0.05, 0.1) is 17.1 Å². The van der Waals surface area contributed by atoms with Gasteiger partial charge in [0, 0.05) is 23.9 Å². The molecule has 1 aromatic carbocycles. The summed E-state index contributed by atoms with van der Waals surface area (Å²) < 4.78 is 2.17. The Morgan fingerprint density at radius 2 is 1.87 bits per heavy atom. The molecule has 1 aliphatic rings. The van der Waals surface area contributed by atoms with Crippen LogP contribution in [-0.4, -0.2) is 19.4 Å². The van der Waals surface area contributed by atoms with Gasteiger partial charge in [-0.15, -0.1) is 0 Å². The zero-order chi connectivity index (χ0) is 20.7. The van der Waals surface area contributed by atoms with Gasteiger partial charge in [0.25, 0.3) is 0 Å². The molecule has 1 fully saturated rings. The molecule has 0 saturated heterocycles. The zero-order valence-electron chi connectivity index (χ0n) is 18.0. The van der Waals surface area contributed by atoms with Gasteiger partial charge in [-0.1, -0.05) is 56.5 Å². The van der Waals surface area contributed by atoms with Crippen LogP contribution in [0.4, 0.5) is 0 Å². The van der Waals surface area contributed by atoms with Crippen molar-refractivity contribution >= 4 is 5.65 Å². The Kier molecular flexibility index (Phi) is 4.86. The molecule has 1 saturated carbocycles. The highest BCUT2D eigenvalue weighted by Crippen LogP contribution is 2.38. The fourth-order valence-electron chi connectivity index (χ4n) is 4.17. The Labute approximate surface area is 178 Å². The summed E-state index contributed by atoms with van der Waals surface area (Å²) in [6, 6.07) is 15.0. The Morgan fingerprint density at radius 3 is 2.60 bits per heavy atom. The van der Waals surface area contributed by atoms with Gasteiger partial charge in [0.15, 0.2) is 0 Å². The quantitative estimate of drug-likeness (QED) is 0.388. The SMILES string of the molecule is CCc1ccn2c(-c3ccnc(C(C)CC4CC4)n3)c(-c3ccc(C)cc3)nc2c1. The molecule has 30 heavy (non-hydrogen) atoms. The Hall–Kier alpha value is -3.01. The number of hydrogen-bond donors (Lipinski definition) is 0. The number of rotatable bonds is 6. The number of pyridine rings is 1. The molecule has 5 rings (SSSR count). The number of fused-ring (bicyclic) bond motifs is 1. The van der Waals surface area contributed by atoms with E-state index in [-0.39, 0.29) is 0 Å². The van der Waals surface area contributed by atoms with E-state index in [4.69, 9.17) is 9.97 Å². The van der Waals surface area contributed by atoms with Crippen LogP contribution >= 0.6 is 0 Å². The predicted molar refractivity (Wildman–Crippen MR) is 122 cm³/mol. The van der Waals surface area contributed by atoms with E-state index in [9.17, 15) is 0 Å². The summed E-state index contributed by atoms with van der Waals surface area (Å²) in [4.78, 5) is 14.7. The van der Waals surface area contributed by atoms with Crippen LogP contribution < -0.4 is 0 Å². The molecular weight excluding hydrogens is 368 g/mol. The van der Waals surface area contributed by atoms with Crippen molar-refractivity contribution in [1.82, 2.24) is 19.4 Å². The first kappa shape index (κ1) is 19.0. The molecule has 0 bridgehead atoms. The molecule has 4 heteroatoms. The average Bonchev–Trinajstić information content (AvgIpc) is 3.50. The van der Waals surface area contributed by atoms with Crippen LogP contribution in [0.25, 0.3) is 28.3 Å². The van der Waals surface area contributed by atoms with E-state index in [1.165, 1.54) is 30.4 Å². The molecule has 0 amide bonds. The highest BCUT2D eigenvalue weighted by molar-refractivity contribution is 5.80. The van der Waals surface area contributed by atoms with Gasteiger partial charge in [-0.3, -0.25) is 4.40 Å². The summed E-state index contributed by atoms with van der Waals surface area (Å²) in [7, 11) is 0. The molecule has 3 heterocycles. The molecule has 1 aliphatic carbocycles. The molecule has 1 atom stereocenters. The molecule has 0 N–H and O–H groups in total. The fraction of sp³-hybridized carbons (Fsp3) is 0.346. The Balaban J connectivity index is 1.66. The van der Waals surface area contributed by atoms with Crippen molar-refractivity contribution in [3.63, 3.8) is 0 Å². The van der Waals surface area contributed by atoms with Gasteiger partial charge in [-0.2, -0.15) is 0 Å². The van der Waals surface area contributed by atoms with Crippen molar-refractivity contribution < 1.29 is 0 Å². The molecular formula is C26H28N4. The maximum Gasteiger partial charge on any atom is 0.138 e. The van der Waals surface area contributed by atoms with Crippen molar-refractivity contribution in [3.8, 4) is 22.6 Å². The third-order valence-electron chi connectivity index (χ3n) is 6.17. The topological polar surface area (TPSA) is 43.1 Å². The summed E-state index contributed by atoms with van der Waals surface area (Å²) in [5.74, 6) is 2.18. The summed E-state index contributed by atoms with van der Waals surface area (Å²) in [5.41, 5.74) is 7.57. The fourth-order valence-corrected chi connectivity index (χ4v) is 4.17. The van der Waals surface area contributed by atoms with Crippen molar-refractivity contribution in [2.24, 2.45) is 5.92 Å². The van der Waals surface area contributed by atoms with Crippen LogP contribution in [0.3, 0.4) is 0 Å². The average molecular weight is 397 g/mol. The van der Waals surface area contributed by atoms with Crippen LogP contribution in [0.1, 0.15) is 56.0 Å². The van der Waals surface area contributed by atoms with Gasteiger partial charge in [-0.25, -0.2) is 15.0 Å². The molecule has 152 valence electrons. The number of aromatic nitrogens is 4. The standard InChI is InChI=1S/C26H28N4/c1-4-19-12-14-30-23(16-19)29-24(21-9-5-17(2)6-10-21)25(30)22-11-13-27-26(28-22)18(3)15-20-7-8-20/h5-6,9-14,16,18,20H,4,7-8,15H2,1-3H3. The van der Waals surface area contributed by atoms with Crippen LogP contribution in [-0.2, 0) is 6.42 Å². The lowest BCUT2D eigenvalue weighted by atomic mass is 10.0. The first-order chi connectivity index (χ1) is 14.6. The molecule has 0 spiro atoms. The van der Waals surface area contributed by atoms with Crippen LogP contribution in [0.15, 0.2) is 54.9 Å². The van der Waals surface area contributed by atoms with Gasteiger partial charge >= 0.3 is 0 Å². The van der Waals surface area contributed by atoms with Crippen molar-refractivity contribution in [3.05, 3.63) is 71.8 Å². The zero-order valence-corrected chi connectivity index (χ0v) is 18.0. The van der Waals surface area contributed by atoms with E-state index in [1.54, 1.807) is 0 Å². The monoisotopic (exact) mass is 396 g/mol. The highest BCUT2D eigenvalue weighted by Gasteiger charge is 2.26. The van der Waals surface area contributed by atoms with Crippen molar-refractivity contribution in [2.45, 2.75) is 52.4 Å². The second-order valence-electron chi connectivity index (χ2n) is 8.67. The van der Waals surface area contributed by atoms with Crippen molar-refractivity contribution in [2.75, 3.05) is 0 Å². The third kappa shape index (κ3) is 3.62. The van der Waals surface area contributed by atoms with E-state index in [1.807, 2.05) is 12.3 Å². The second kappa shape index (κ2) is 7.67. The molecule has 0 radical (unpaired) electrons.